The van der Waals surface area contributed by atoms with E-state index in [9.17, 15) is 4.79 Å². The van der Waals surface area contributed by atoms with Crippen molar-refractivity contribution in [1.29, 1.82) is 0 Å². The molecule has 0 saturated heterocycles. The Morgan fingerprint density at radius 3 is 2.85 bits per heavy atom. The normalized spacial score (nSPS) is 10.9. The fourth-order valence-electron chi connectivity index (χ4n) is 2.37. The van der Waals surface area contributed by atoms with E-state index in [1.165, 1.54) is 19.3 Å². The first-order valence-corrected chi connectivity index (χ1v) is 7.41. The Morgan fingerprint density at radius 1 is 1.25 bits per heavy atom. The molecule has 1 aromatic carbocycles. The molecule has 0 aliphatic heterocycles. The first kappa shape index (κ1) is 14.6. The molecule has 0 atom stereocenters. The molecule has 4 heteroatoms. The van der Waals surface area contributed by atoms with Gasteiger partial charge in [0.1, 0.15) is 12.4 Å². The van der Waals surface area contributed by atoms with Crippen molar-refractivity contribution in [1.82, 2.24) is 14.9 Å². The molecule has 2 aromatic rings. The van der Waals surface area contributed by atoms with Gasteiger partial charge >= 0.3 is 0 Å². The summed E-state index contributed by atoms with van der Waals surface area (Å²) in [6.45, 7) is 5.24. The van der Waals surface area contributed by atoms with Crippen molar-refractivity contribution in [2.24, 2.45) is 0 Å². The van der Waals surface area contributed by atoms with Gasteiger partial charge in [-0.05, 0) is 25.5 Å². The molecular weight excluding hydrogens is 250 g/mol. The van der Waals surface area contributed by atoms with Crippen molar-refractivity contribution in [3.05, 3.63) is 30.1 Å². The maximum absolute atomic E-state index is 12.0. The standard InChI is InChI=1S/C16H23N3O/c1-3-4-5-8-11-17-16(20)12-19-13(2)18-14-9-6-7-10-15(14)19/h6-7,9-10H,3-5,8,11-12H2,1-2H3,(H,17,20). The number of imidazole rings is 1. The van der Waals surface area contributed by atoms with Gasteiger partial charge in [0.25, 0.3) is 0 Å². The third kappa shape index (κ3) is 3.59. The number of nitrogens with zero attached hydrogens (tertiary/aromatic N) is 2. The molecule has 0 aliphatic rings. The number of hydrogen-bond acceptors (Lipinski definition) is 2. The number of unbranched alkanes of at least 4 members (excludes halogenated alkanes) is 3. The maximum Gasteiger partial charge on any atom is 0.240 e. The molecule has 0 radical (unpaired) electrons. The Labute approximate surface area is 120 Å². The molecule has 0 spiro atoms. The Morgan fingerprint density at radius 2 is 2.05 bits per heavy atom. The van der Waals surface area contributed by atoms with Crippen LogP contribution < -0.4 is 5.32 Å². The van der Waals surface area contributed by atoms with E-state index in [0.29, 0.717) is 6.54 Å². The first-order valence-electron chi connectivity index (χ1n) is 7.41. The summed E-state index contributed by atoms with van der Waals surface area (Å²) in [5.41, 5.74) is 1.96. The topological polar surface area (TPSA) is 46.9 Å². The lowest BCUT2D eigenvalue weighted by Crippen LogP contribution is -2.28. The molecule has 0 fully saturated rings. The number of hydrogen-bond donors (Lipinski definition) is 1. The summed E-state index contributed by atoms with van der Waals surface area (Å²) in [7, 11) is 0. The zero-order valence-electron chi connectivity index (χ0n) is 12.4. The molecule has 1 heterocycles. The summed E-state index contributed by atoms with van der Waals surface area (Å²) in [5, 5.41) is 2.98. The maximum atomic E-state index is 12.0. The van der Waals surface area contributed by atoms with Gasteiger partial charge in [-0.3, -0.25) is 4.79 Å². The van der Waals surface area contributed by atoms with Crippen LogP contribution in [0.5, 0.6) is 0 Å². The molecular formula is C16H23N3O. The van der Waals surface area contributed by atoms with Gasteiger partial charge in [0, 0.05) is 6.54 Å². The molecule has 1 amide bonds. The van der Waals surface area contributed by atoms with Gasteiger partial charge in [-0.1, -0.05) is 38.3 Å². The minimum absolute atomic E-state index is 0.0627. The van der Waals surface area contributed by atoms with E-state index in [1.807, 2.05) is 35.8 Å². The number of carbonyl (C=O) groups excluding carboxylic acids is 1. The number of rotatable bonds is 7. The summed E-state index contributed by atoms with van der Waals surface area (Å²) in [4.78, 5) is 16.4. The van der Waals surface area contributed by atoms with Gasteiger partial charge in [-0.25, -0.2) is 4.98 Å². The van der Waals surface area contributed by atoms with E-state index in [-0.39, 0.29) is 5.91 Å². The Balaban J connectivity index is 1.91. The van der Waals surface area contributed by atoms with Crippen molar-refractivity contribution in [3.8, 4) is 0 Å². The van der Waals surface area contributed by atoms with Gasteiger partial charge in [0.05, 0.1) is 11.0 Å². The van der Waals surface area contributed by atoms with Crippen LogP contribution in [0.25, 0.3) is 11.0 Å². The molecule has 1 aromatic heterocycles. The Bertz CT molecular complexity index is 574. The number of aryl methyl sites for hydroxylation is 1. The zero-order valence-corrected chi connectivity index (χ0v) is 12.4. The minimum Gasteiger partial charge on any atom is -0.355 e. The molecule has 1 N–H and O–H groups in total. The van der Waals surface area contributed by atoms with Crippen molar-refractivity contribution in [3.63, 3.8) is 0 Å². The van der Waals surface area contributed by atoms with Crippen molar-refractivity contribution >= 4 is 16.9 Å². The van der Waals surface area contributed by atoms with Gasteiger partial charge in [-0.2, -0.15) is 0 Å². The van der Waals surface area contributed by atoms with Crippen LogP contribution >= 0.6 is 0 Å². The number of carbonyl (C=O) groups is 1. The SMILES string of the molecule is CCCCCCNC(=O)Cn1c(C)nc2ccccc21. The lowest BCUT2D eigenvalue weighted by atomic mass is 10.2. The second-order valence-electron chi connectivity index (χ2n) is 5.14. The van der Waals surface area contributed by atoms with Gasteiger partial charge in [0.15, 0.2) is 0 Å². The number of amides is 1. The minimum atomic E-state index is 0.0627. The Kier molecular flexibility index (Phi) is 5.16. The van der Waals surface area contributed by atoms with Crippen LogP contribution in [0.15, 0.2) is 24.3 Å². The summed E-state index contributed by atoms with van der Waals surface area (Å²) in [6, 6.07) is 7.92. The van der Waals surface area contributed by atoms with Gasteiger partial charge in [-0.15, -0.1) is 0 Å². The molecule has 4 nitrogen and oxygen atoms in total. The highest BCUT2D eigenvalue weighted by atomic mass is 16.1. The average molecular weight is 273 g/mol. The summed E-state index contributed by atoms with van der Waals surface area (Å²) >= 11 is 0. The predicted octanol–water partition coefficient (Wildman–Crippen LogP) is 3.04. The molecule has 20 heavy (non-hydrogen) atoms. The second kappa shape index (κ2) is 7.08. The van der Waals surface area contributed by atoms with Crippen LogP contribution in [0.4, 0.5) is 0 Å². The van der Waals surface area contributed by atoms with Crippen LogP contribution in [0.2, 0.25) is 0 Å². The molecule has 0 bridgehead atoms. The quantitative estimate of drug-likeness (QED) is 0.788. The van der Waals surface area contributed by atoms with E-state index >= 15 is 0 Å². The largest absolute Gasteiger partial charge is 0.355 e. The van der Waals surface area contributed by atoms with Crippen LogP contribution in [0.3, 0.4) is 0 Å². The molecule has 0 unspecified atom stereocenters. The average Bonchev–Trinajstić information content (AvgIpc) is 2.75. The van der Waals surface area contributed by atoms with E-state index in [4.69, 9.17) is 0 Å². The first-order chi connectivity index (χ1) is 9.72. The monoisotopic (exact) mass is 273 g/mol. The lowest BCUT2D eigenvalue weighted by Gasteiger charge is -2.08. The van der Waals surface area contributed by atoms with Crippen molar-refractivity contribution < 1.29 is 4.79 Å². The van der Waals surface area contributed by atoms with Crippen molar-refractivity contribution in [2.75, 3.05) is 6.54 Å². The number of para-hydroxylation sites is 2. The second-order valence-corrected chi connectivity index (χ2v) is 5.14. The predicted molar refractivity (Wildman–Crippen MR) is 81.6 cm³/mol. The van der Waals surface area contributed by atoms with Crippen LogP contribution in [0, 0.1) is 6.92 Å². The van der Waals surface area contributed by atoms with E-state index in [0.717, 1.165) is 29.8 Å². The van der Waals surface area contributed by atoms with Gasteiger partial charge < -0.3 is 9.88 Å². The van der Waals surface area contributed by atoms with E-state index in [2.05, 4.69) is 17.2 Å². The third-order valence-corrected chi connectivity index (χ3v) is 3.50. The smallest absolute Gasteiger partial charge is 0.240 e. The lowest BCUT2D eigenvalue weighted by molar-refractivity contribution is -0.121. The molecule has 0 aliphatic carbocycles. The van der Waals surface area contributed by atoms with Crippen LogP contribution in [-0.4, -0.2) is 22.0 Å². The molecule has 108 valence electrons. The van der Waals surface area contributed by atoms with E-state index in [1.54, 1.807) is 0 Å². The number of fused-ring (bicyclic) bond motifs is 1. The third-order valence-electron chi connectivity index (χ3n) is 3.50. The summed E-state index contributed by atoms with van der Waals surface area (Å²) < 4.78 is 1.97. The highest BCUT2D eigenvalue weighted by Crippen LogP contribution is 2.14. The zero-order chi connectivity index (χ0) is 14.4. The number of benzene rings is 1. The number of aromatic nitrogens is 2. The summed E-state index contributed by atoms with van der Waals surface area (Å²) in [5.74, 6) is 0.945. The molecule has 0 saturated carbocycles. The van der Waals surface area contributed by atoms with Crippen LogP contribution in [-0.2, 0) is 11.3 Å². The fourth-order valence-corrected chi connectivity index (χ4v) is 2.37. The van der Waals surface area contributed by atoms with Gasteiger partial charge in [0.2, 0.25) is 5.91 Å². The van der Waals surface area contributed by atoms with E-state index < -0.39 is 0 Å². The highest BCUT2D eigenvalue weighted by molar-refractivity contribution is 5.81. The van der Waals surface area contributed by atoms with Crippen LogP contribution in [0.1, 0.15) is 38.4 Å². The summed E-state index contributed by atoms with van der Waals surface area (Å²) in [6.07, 6.45) is 4.70. The fraction of sp³-hybridized carbons (Fsp3) is 0.500. The number of nitrogens with one attached hydrogen (secondary N) is 1. The Hall–Kier alpha value is -1.84. The molecule has 2 rings (SSSR count). The highest BCUT2D eigenvalue weighted by Gasteiger charge is 2.09. The van der Waals surface area contributed by atoms with Crippen molar-refractivity contribution in [2.45, 2.75) is 46.1 Å².